The number of ether oxygens (including phenoxy) is 1. The Morgan fingerprint density at radius 2 is 1.81 bits per heavy atom. The van der Waals surface area contributed by atoms with Crippen LogP contribution in [-0.2, 0) is 11.8 Å². The molecule has 168 valence electrons. The van der Waals surface area contributed by atoms with Crippen LogP contribution < -0.4 is 0 Å². The number of hydrogen-bond acceptors (Lipinski definition) is 4. The first-order chi connectivity index (χ1) is 14.5. The maximum absolute atomic E-state index is 13.7. The van der Waals surface area contributed by atoms with E-state index in [9.17, 15) is 18.8 Å². The Morgan fingerprint density at radius 3 is 2.35 bits per heavy atom. The number of methoxy groups -OCH3 is 1. The predicted octanol–water partition coefficient (Wildman–Crippen LogP) is 4.33. The number of ketones is 1. The second kappa shape index (κ2) is 9.90. The molecule has 0 spiro atoms. The van der Waals surface area contributed by atoms with Gasteiger partial charge < -0.3 is 14.2 Å². The highest BCUT2D eigenvalue weighted by Crippen LogP contribution is 2.25. The third-order valence-electron chi connectivity index (χ3n) is 5.68. The van der Waals surface area contributed by atoms with Crippen molar-refractivity contribution in [1.29, 1.82) is 0 Å². The second-order valence-corrected chi connectivity index (χ2v) is 8.22. The normalized spacial score (nSPS) is 12.0. The van der Waals surface area contributed by atoms with Gasteiger partial charge in [-0.1, -0.05) is 19.9 Å². The van der Waals surface area contributed by atoms with Crippen molar-refractivity contribution >= 4 is 17.7 Å². The van der Waals surface area contributed by atoms with Crippen LogP contribution in [-0.4, -0.2) is 46.8 Å². The predicted molar refractivity (Wildman–Crippen MR) is 117 cm³/mol. The molecule has 6 nitrogen and oxygen atoms in total. The molecule has 1 aromatic heterocycles. The average Bonchev–Trinajstić information content (AvgIpc) is 2.94. The van der Waals surface area contributed by atoms with Gasteiger partial charge in [-0.2, -0.15) is 0 Å². The van der Waals surface area contributed by atoms with Gasteiger partial charge in [0.1, 0.15) is 11.5 Å². The minimum atomic E-state index is -0.792. The van der Waals surface area contributed by atoms with Gasteiger partial charge in [0.25, 0.3) is 5.91 Å². The van der Waals surface area contributed by atoms with E-state index in [0.29, 0.717) is 41.4 Å². The molecule has 1 heterocycles. The summed E-state index contributed by atoms with van der Waals surface area (Å²) in [5.41, 5.74) is 2.04. The van der Waals surface area contributed by atoms with E-state index in [1.165, 1.54) is 30.2 Å². The number of Topliss-reactive ketones (excluding diaryl/α,β-unsaturated/α-hetero) is 1. The Morgan fingerprint density at radius 1 is 1.16 bits per heavy atom. The molecule has 0 aliphatic heterocycles. The van der Waals surface area contributed by atoms with E-state index in [1.807, 2.05) is 13.8 Å². The topological polar surface area (TPSA) is 68.6 Å². The number of carbonyl (C=O) groups excluding carboxylic acids is 3. The van der Waals surface area contributed by atoms with E-state index >= 15 is 0 Å². The first-order valence-electron chi connectivity index (χ1n) is 10.4. The fourth-order valence-electron chi connectivity index (χ4n) is 3.73. The van der Waals surface area contributed by atoms with Crippen LogP contribution in [0.1, 0.15) is 69.7 Å². The zero-order chi connectivity index (χ0) is 23.5. The Bertz CT molecular complexity index is 994. The van der Waals surface area contributed by atoms with Crippen molar-refractivity contribution < 1.29 is 23.5 Å². The van der Waals surface area contributed by atoms with Crippen molar-refractivity contribution in [2.24, 2.45) is 13.0 Å². The fourth-order valence-corrected chi connectivity index (χ4v) is 3.73. The number of benzene rings is 1. The molecule has 0 aliphatic rings. The summed E-state index contributed by atoms with van der Waals surface area (Å²) < 4.78 is 20.2. The smallest absolute Gasteiger partial charge is 0.354 e. The van der Waals surface area contributed by atoms with E-state index in [-0.39, 0.29) is 11.3 Å². The van der Waals surface area contributed by atoms with E-state index in [2.05, 4.69) is 0 Å². The SMILES string of the molecule is COC(=O)c1c(C)c(C(=O)[C@@H](C)N(CCC(C)C)C(=O)c2cccc(F)c2)c(C)n1C. The van der Waals surface area contributed by atoms with Crippen molar-refractivity contribution in [2.45, 2.75) is 47.1 Å². The van der Waals surface area contributed by atoms with Crippen LogP contribution in [0.4, 0.5) is 4.39 Å². The molecule has 31 heavy (non-hydrogen) atoms. The molecule has 0 N–H and O–H groups in total. The lowest BCUT2D eigenvalue weighted by atomic mass is 9.98. The number of amides is 1. The number of halogens is 1. The van der Waals surface area contributed by atoms with Crippen molar-refractivity contribution in [3.63, 3.8) is 0 Å². The molecule has 0 radical (unpaired) electrons. The molecule has 0 saturated carbocycles. The van der Waals surface area contributed by atoms with E-state index in [1.54, 1.807) is 38.5 Å². The van der Waals surface area contributed by atoms with E-state index in [4.69, 9.17) is 4.74 Å². The van der Waals surface area contributed by atoms with Gasteiger partial charge in [0.15, 0.2) is 5.78 Å². The molecule has 1 amide bonds. The Kier molecular flexibility index (Phi) is 7.76. The van der Waals surface area contributed by atoms with Crippen molar-refractivity contribution in [1.82, 2.24) is 9.47 Å². The number of esters is 1. The monoisotopic (exact) mass is 430 g/mol. The van der Waals surface area contributed by atoms with Gasteiger partial charge >= 0.3 is 5.97 Å². The largest absolute Gasteiger partial charge is 0.464 e. The third kappa shape index (κ3) is 5.03. The van der Waals surface area contributed by atoms with E-state index in [0.717, 1.165) is 0 Å². The molecular weight excluding hydrogens is 399 g/mol. The van der Waals surface area contributed by atoms with Gasteiger partial charge in [-0.3, -0.25) is 9.59 Å². The van der Waals surface area contributed by atoms with Gasteiger partial charge in [0.05, 0.1) is 13.2 Å². The number of aromatic nitrogens is 1. The van der Waals surface area contributed by atoms with Crippen LogP contribution in [0.15, 0.2) is 24.3 Å². The van der Waals surface area contributed by atoms with Crippen molar-refractivity contribution in [3.05, 3.63) is 58.2 Å². The first kappa shape index (κ1) is 24.3. The van der Waals surface area contributed by atoms with Crippen molar-refractivity contribution in [2.75, 3.05) is 13.7 Å². The second-order valence-electron chi connectivity index (χ2n) is 8.22. The summed E-state index contributed by atoms with van der Waals surface area (Å²) in [6.07, 6.45) is 0.693. The van der Waals surface area contributed by atoms with Gasteiger partial charge in [-0.15, -0.1) is 0 Å². The standard InChI is InChI=1S/C24H31FN2O4/c1-14(2)11-12-27(23(29)18-9-8-10-19(25)13-18)17(5)22(28)20-15(3)21(24(30)31-7)26(6)16(20)4/h8-10,13-14,17H,11-12H2,1-7H3/t17-/m1/s1. The first-order valence-corrected chi connectivity index (χ1v) is 10.4. The summed E-state index contributed by atoms with van der Waals surface area (Å²) >= 11 is 0. The van der Waals surface area contributed by atoms with Crippen LogP contribution in [0.2, 0.25) is 0 Å². The average molecular weight is 431 g/mol. The molecule has 0 saturated heterocycles. The van der Waals surface area contributed by atoms with Gasteiger partial charge in [-0.05, 0) is 56.9 Å². The highest BCUT2D eigenvalue weighted by atomic mass is 19.1. The maximum atomic E-state index is 13.7. The lowest BCUT2D eigenvalue weighted by Crippen LogP contribution is -2.44. The highest BCUT2D eigenvalue weighted by Gasteiger charge is 2.32. The number of carbonyl (C=O) groups is 3. The molecular formula is C24H31FN2O4. The summed E-state index contributed by atoms with van der Waals surface area (Å²) in [4.78, 5) is 40.4. The van der Waals surface area contributed by atoms with Gasteiger partial charge in [0.2, 0.25) is 0 Å². The minimum absolute atomic E-state index is 0.195. The third-order valence-corrected chi connectivity index (χ3v) is 5.68. The Labute approximate surface area is 183 Å². The lowest BCUT2D eigenvalue weighted by Gasteiger charge is -2.29. The number of hydrogen-bond donors (Lipinski definition) is 0. The van der Waals surface area contributed by atoms with Gasteiger partial charge in [-0.25, -0.2) is 9.18 Å². The molecule has 2 rings (SSSR count). The van der Waals surface area contributed by atoms with Crippen LogP contribution in [0.5, 0.6) is 0 Å². The summed E-state index contributed by atoms with van der Waals surface area (Å²) in [6, 6.07) is 4.67. The fraction of sp³-hybridized carbons (Fsp3) is 0.458. The highest BCUT2D eigenvalue weighted by molar-refractivity contribution is 6.07. The maximum Gasteiger partial charge on any atom is 0.354 e. The minimum Gasteiger partial charge on any atom is -0.464 e. The molecule has 0 unspecified atom stereocenters. The summed E-state index contributed by atoms with van der Waals surface area (Å²) in [7, 11) is 2.99. The molecule has 7 heteroatoms. The van der Waals surface area contributed by atoms with Crippen LogP contribution in [0.3, 0.4) is 0 Å². The van der Waals surface area contributed by atoms with Crippen LogP contribution >= 0.6 is 0 Å². The Hall–Kier alpha value is -2.96. The quantitative estimate of drug-likeness (QED) is 0.462. The van der Waals surface area contributed by atoms with Crippen molar-refractivity contribution in [3.8, 4) is 0 Å². The zero-order valence-electron chi connectivity index (χ0n) is 19.3. The molecule has 0 bridgehead atoms. The zero-order valence-corrected chi connectivity index (χ0v) is 19.3. The summed E-state index contributed by atoms with van der Waals surface area (Å²) in [6.45, 7) is 9.55. The number of rotatable bonds is 8. The molecule has 2 aromatic rings. The lowest BCUT2D eigenvalue weighted by molar-refractivity contribution is 0.0587. The Balaban J connectivity index is 2.47. The number of nitrogens with zero attached hydrogens (tertiary/aromatic N) is 2. The van der Waals surface area contributed by atoms with Gasteiger partial charge in [0, 0.05) is 30.4 Å². The molecule has 0 aliphatic carbocycles. The van der Waals surface area contributed by atoms with Crippen LogP contribution in [0.25, 0.3) is 0 Å². The molecule has 1 aromatic carbocycles. The summed E-state index contributed by atoms with van der Waals surface area (Å²) in [5.74, 6) is -1.39. The molecule has 0 fully saturated rings. The van der Waals surface area contributed by atoms with Crippen LogP contribution in [0, 0.1) is 25.6 Å². The molecule has 1 atom stereocenters. The summed E-state index contributed by atoms with van der Waals surface area (Å²) in [5, 5.41) is 0. The van der Waals surface area contributed by atoms with E-state index < -0.39 is 23.7 Å².